The van der Waals surface area contributed by atoms with Crippen molar-refractivity contribution in [3.8, 4) is 39.9 Å². The molecule has 0 aliphatic carbocycles. The zero-order valence-corrected chi connectivity index (χ0v) is 82.1. The van der Waals surface area contributed by atoms with Crippen molar-refractivity contribution in [2.24, 2.45) is 27.2 Å². The van der Waals surface area contributed by atoms with Gasteiger partial charge in [-0.3, -0.25) is 33.5 Å². The monoisotopic (exact) mass is 2250 g/mol. The Morgan fingerprint density at radius 1 is 0.496 bits per heavy atom. The molecule has 10 N–H and O–H groups in total. The van der Waals surface area contributed by atoms with Crippen LogP contribution in [0.3, 0.4) is 0 Å². The molecule has 1 atom stereocenters. The zero-order chi connectivity index (χ0) is 102. The molecule has 11 aromatic carbocycles. The summed E-state index contributed by atoms with van der Waals surface area (Å²) in [6, 6.07) is 80.4. The summed E-state index contributed by atoms with van der Waals surface area (Å²) in [5.41, 5.74) is 16.8. The van der Waals surface area contributed by atoms with Gasteiger partial charge >= 0.3 is 207 Å². The topological polar surface area (TPSA) is 361 Å². The molecule has 0 saturated heterocycles. The molecular formula is C101H99BBr4ClF10N8O15P. The number of halogens is 15. The smallest absolute Gasteiger partial charge is 0.491 e. The fraction of sp³-hybridized carbons (Fsp3) is 0.168. The Bertz CT molecular complexity index is 6030. The molecule has 13 aromatic rings. The molecule has 23 nitrogen and oxygen atoms in total. The van der Waals surface area contributed by atoms with Crippen molar-refractivity contribution < 1.29 is 117 Å². The number of carbonyl (C=O) groups is 6. The molecule has 0 spiro atoms. The molecule has 1 unspecified atom stereocenters. The van der Waals surface area contributed by atoms with Gasteiger partial charge in [-0.25, -0.2) is 50.9 Å². The van der Waals surface area contributed by atoms with Crippen molar-refractivity contribution in [2.45, 2.75) is 26.6 Å². The first-order valence-corrected chi connectivity index (χ1v) is 48.5. The number of carboxylic acids is 1. The Morgan fingerprint density at radius 3 is 1.25 bits per heavy atom. The third-order valence-corrected chi connectivity index (χ3v) is 30.3. The average molecular weight is 2250 g/mol. The molecule has 746 valence electrons. The van der Waals surface area contributed by atoms with E-state index in [1.165, 1.54) is 194 Å². The number of benzene rings is 11. The number of phenols is 1. The first-order valence-electron chi connectivity index (χ1n) is 41.0. The van der Waals surface area contributed by atoms with Crippen molar-refractivity contribution in [3.05, 3.63) is 386 Å². The predicted molar refractivity (Wildman–Crippen MR) is 547 cm³/mol. The maximum Gasteiger partial charge on any atom is 0.493 e. The molecule has 1 aliphatic rings. The number of nitrogens with two attached hydrogens (primary N) is 3. The molecule has 141 heavy (non-hydrogen) atoms. The average Bonchev–Trinajstić information content (AvgIpc) is 1.21. The molecule has 0 radical (unpaired) electrons. The third-order valence-electron chi connectivity index (χ3n) is 19.0. The summed E-state index contributed by atoms with van der Waals surface area (Å²) >= 11 is 18.8. The number of guanidine groups is 2. The fourth-order valence-corrected chi connectivity index (χ4v) is 21.0. The molecule has 3 heterocycles. The van der Waals surface area contributed by atoms with E-state index in [1.807, 2.05) is 30.3 Å². The van der Waals surface area contributed by atoms with E-state index < -0.39 is 103 Å². The number of ketones is 2. The largest absolute Gasteiger partial charge is 0.493 e. The number of alkyl halides is 6. The van der Waals surface area contributed by atoms with Crippen molar-refractivity contribution in [3.63, 3.8) is 0 Å². The molecule has 14 rings (SSSR count). The Kier molecular flexibility index (Phi) is 52.3. The summed E-state index contributed by atoms with van der Waals surface area (Å²) in [6.45, 7) is -2.76. The number of ether oxygens (including phenoxy) is 5. The third kappa shape index (κ3) is 35.5. The molecule has 2 aromatic heterocycles. The number of nitrogens with zero attached hydrogens (tertiary/aromatic N) is 5. The van der Waals surface area contributed by atoms with Crippen molar-refractivity contribution in [1.82, 2.24) is 14.9 Å². The Balaban J connectivity index is 0.000000350. The number of aromatic hydroxyl groups is 1. The van der Waals surface area contributed by atoms with Crippen LogP contribution >= 0.6 is 80.2 Å². The number of pyridine rings is 2. The Hall–Kier alpha value is -13.2. The van der Waals surface area contributed by atoms with Crippen LogP contribution in [0.25, 0.3) is 11.1 Å². The van der Waals surface area contributed by atoms with E-state index >= 15 is 0 Å². The molecule has 1 amide bonds. The number of likely N-dealkylation sites (N-methyl/N-ethyl adjacent to an activating group) is 1. The number of aromatic nitrogens is 2. The van der Waals surface area contributed by atoms with Crippen LogP contribution in [-0.2, 0) is 21.2 Å². The van der Waals surface area contributed by atoms with Gasteiger partial charge in [-0.2, -0.15) is 8.78 Å². The van der Waals surface area contributed by atoms with Crippen LogP contribution in [0.4, 0.5) is 43.9 Å². The van der Waals surface area contributed by atoms with E-state index in [1.54, 1.807) is 36.4 Å². The van der Waals surface area contributed by atoms with Gasteiger partial charge in [0.15, 0.2) is 17.5 Å². The number of hydrogen-bond acceptors (Lipinski definition) is 19. The number of Topliss-reactive ketones (excluding diaryl/α,β-unsaturated/α-hetero) is 2. The van der Waals surface area contributed by atoms with E-state index in [9.17, 15) is 72.7 Å². The number of carbonyl (C=O) groups excluding carboxylic acids is 5. The van der Waals surface area contributed by atoms with Crippen molar-refractivity contribution >= 4 is 155 Å². The Morgan fingerprint density at radius 2 is 0.879 bits per heavy atom. The first kappa shape index (κ1) is 120. The number of carboxylic acid groups (broad SMARTS) is 1. The maximum atomic E-state index is 14.7. The second kappa shape index (κ2) is 61.4. The summed E-state index contributed by atoms with van der Waals surface area (Å²) < 4.78 is 152. The van der Waals surface area contributed by atoms with Gasteiger partial charge in [0.05, 0.1) is 29.4 Å². The summed E-state index contributed by atoms with van der Waals surface area (Å²) in [5.74, 6) is -4.37. The van der Waals surface area contributed by atoms with Gasteiger partial charge in [0.1, 0.15) is 93.5 Å². The molecular weight excluding hydrogens is 2150 g/mol. The summed E-state index contributed by atoms with van der Waals surface area (Å²) in [4.78, 5) is 85.2. The molecule has 0 fully saturated rings. The van der Waals surface area contributed by atoms with E-state index in [2.05, 4.69) is 161 Å². The Labute approximate surface area is 847 Å². The minimum Gasteiger partial charge on any atom is -0.491 e. The second-order valence-electron chi connectivity index (χ2n) is 28.1. The summed E-state index contributed by atoms with van der Waals surface area (Å²) in [5, 5.41) is 35.0. The number of amides is 1. The molecule has 0 saturated carbocycles. The van der Waals surface area contributed by atoms with Crippen LogP contribution in [0.1, 0.15) is 83.3 Å². The number of rotatable bonds is 28. The maximum absolute atomic E-state index is 14.7. The minimum atomic E-state index is -3.05. The molecule has 1 aliphatic heterocycles. The summed E-state index contributed by atoms with van der Waals surface area (Å²) in [7, 11) is 2.55. The predicted octanol–water partition coefficient (Wildman–Crippen LogP) is 20.1. The van der Waals surface area contributed by atoms with E-state index in [0.717, 1.165) is 23.9 Å². The van der Waals surface area contributed by atoms with Gasteiger partial charge in [-0.05, 0) is 196 Å². The molecule has 40 heteroatoms. The van der Waals surface area contributed by atoms with E-state index in [0.29, 0.717) is 55.1 Å². The van der Waals surface area contributed by atoms with Crippen molar-refractivity contribution in [2.75, 3.05) is 86.3 Å². The van der Waals surface area contributed by atoms with Crippen LogP contribution in [0, 0.1) is 29.3 Å². The van der Waals surface area contributed by atoms with E-state index in [-0.39, 0.29) is 109 Å². The number of phenolic OH excluding ortho intramolecular Hbond substituents is 1. The van der Waals surface area contributed by atoms with Gasteiger partial charge in [-0.15, -0.1) is 0 Å². The number of aromatic carboxylic acids is 1. The standard InChI is InChI=1S/C25H20Br2FP.C23H19F3N4O2.C16H11BrF2O3.C9H8ClFO2.C9H9FO3.C8H8O3.C5H5BFNO2.C2H4BrF.C2H7N3.2CH4/c26-24-18-20(16-17-25(24)28)19-29(27,21-10-4-1-5-11-21,22-12-6-2-7-13-22)23-14-8-3-9-15-23;1-30-21(31)23(29-22(30)27,14-4-7-16(8-5-14)32-12-10-24)15-6-9-19(25)18(13-15)17-3-2-11-28-20(17)26;17-13-9-11(3-6-14(13)19)16(21)15(20)10-1-4-12(5-2-10)22-8-7-18;10-9(12)7-1-3-8(4-2-7)13-6-5-11;10-5-6-13-8-3-1-7(2-4-8)9(11)12;1-11-8(10)6-2-4-7(9)5-3-6;7-5-4(6(9)10)2-1-3-8-5;3-1-2-4;1-5-2(3)4;;/h1-18H,19H2;2-9,11,13H,10,12H2,1H3,(H2,27,29);1-6,9H,7-8H2;1-4H,5-6H2;1-4H,5-6H2,(H,11,12);2-5,9H,1H3;1-3,9-10H;1-2H2;1H3,(H4,3,4,5);2*1H4. The first-order chi connectivity index (χ1) is 66.5. The quantitative estimate of drug-likeness (QED) is 0.00205. The summed E-state index contributed by atoms with van der Waals surface area (Å²) in [6.07, 6.45) is 3.23. The van der Waals surface area contributed by atoms with Gasteiger partial charge in [0, 0.05) is 65.1 Å². The minimum absolute atomic E-state index is 0. The van der Waals surface area contributed by atoms with Crippen LogP contribution in [-0.4, -0.2) is 175 Å². The van der Waals surface area contributed by atoms with Crippen LogP contribution < -0.4 is 57.5 Å². The number of aliphatic imine (C=N–C) groups is 2. The van der Waals surface area contributed by atoms with E-state index in [4.69, 9.17) is 68.0 Å². The molecule has 0 bridgehead atoms. The van der Waals surface area contributed by atoms with Gasteiger partial charge in [0.25, 0.3) is 11.1 Å². The van der Waals surface area contributed by atoms with Gasteiger partial charge < -0.3 is 61.1 Å². The van der Waals surface area contributed by atoms with Gasteiger partial charge in [-0.1, -0.05) is 55.0 Å². The number of esters is 1. The van der Waals surface area contributed by atoms with Crippen LogP contribution in [0.15, 0.2) is 323 Å². The SMILES string of the molecule is C.C.CN1C(=O)C(c2ccc(OCCF)cc2)(c2ccc(F)c(-c3cccnc3F)c2)N=C1N.CN=C(N)N.COC(=O)c1ccc(O)cc1.FCCBr.Fc1ccc(CP(Br)(c2ccccc2)(c2ccccc2)c2ccccc2)cc1Br.O=C(C(=O)c1ccc(F)c(Br)c1)c1ccc(OCCF)cc1.O=C(Cl)c1ccc(OCCF)cc1.O=C(O)c1ccc(OCCF)cc1.OB(O)c1cccnc1F. The normalized spacial score (nSPS) is 12.0. The van der Waals surface area contributed by atoms with Gasteiger partial charge in [0.2, 0.25) is 23.5 Å². The number of methoxy groups -OCH3 is 1. The second-order valence-corrected chi connectivity index (χ2v) is 39.9. The van der Waals surface area contributed by atoms with Crippen molar-refractivity contribution in [1.29, 1.82) is 0 Å². The zero-order valence-electron chi connectivity index (χ0n) is 74.1. The fourth-order valence-electron chi connectivity index (χ4n) is 12.3. The van der Waals surface area contributed by atoms with Crippen LogP contribution in [0.2, 0.25) is 0 Å². The van der Waals surface area contributed by atoms with Crippen LogP contribution in [0.5, 0.6) is 28.7 Å². The number of hydrogen-bond donors (Lipinski definition) is 7.